The van der Waals surface area contributed by atoms with Gasteiger partial charge in [0, 0.05) is 25.2 Å². The number of halogens is 3. The summed E-state index contributed by atoms with van der Waals surface area (Å²) < 4.78 is 38.1. The van der Waals surface area contributed by atoms with E-state index in [9.17, 15) is 13.2 Å². The van der Waals surface area contributed by atoms with Crippen molar-refractivity contribution in [2.45, 2.75) is 31.5 Å². The van der Waals surface area contributed by atoms with Crippen LogP contribution in [0.25, 0.3) is 0 Å². The first kappa shape index (κ1) is 14.4. The molecular formula is C12H15F3N4O. The number of hydrogen-bond acceptors (Lipinski definition) is 4. The van der Waals surface area contributed by atoms with Crippen molar-refractivity contribution in [1.82, 2.24) is 4.98 Å². The Balaban J connectivity index is 2.17. The summed E-state index contributed by atoms with van der Waals surface area (Å²) in [7, 11) is 0. The highest BCUT2D eigenvalue weighted by molar-refractivity contribution is 5.80. The number of nitrogens with zero attached hydrogens (tertiary/aromatic N) is 3. The van der Waals surface area contributed by atoms with Crippen LogP contribution in [-0.2, 0) is 6.18 Å². The molecule has 110 valence electrons. The zero-order valence-electron chi connectivity index (χ0n) is 10.6. The van der Waals surface area contributed by atoms with Crippen molar-refractivity contribution in [3.63, 3.8) is 0 Å². The summed E-state index contributed by atoms with van der Waals surface area (Å²) in [6.07, 6.45) is -1.15. The van der Waals surface area contributed by atoms with Gasteiger partial charge in [-0.05, 0) is 25.0 Å². The van der Waals surface area contributed by atoms with Gasteiger partial charge in [0.05, 0.1) is 5.56 Å². The molecule has 0 atom stereocenters. The van der Waals surface area contributed by atoms with E-state index in [0.29, 0.717) is 6.54 Å². The summed E-state index contributed by atoms with van der Waals surface area (Å²) in [6.45, 7) is 0.370. The van der Waals surface area contributed by atoms with Gasteiger partial charge in [-0.15, -0.1) is 0 Å². The average Bonchev–Trinajstić information content (AvgIpc) is 3.22. The quantitative estimate of drug-likeness (QED) is 0.377. The minimum atomic E-state index is -4.39. The first-order valence-corrected chi connectivity index (χ1v) is 6.18. The topological polar surface area (TPSA) is 74.7 Å². The van der Waals surface area contributed by atoms with Crippen LogP contribution in [0.5, 0.6) is 0 Å². The molecule has 0 amide bonds. The first-order chi connectivity index (χ1) is 9.41. The van der Waals surface area contributed by atoms with E-state index in [1.54, 1.807) is 4.90 Å². The van der Waals surface area contributed by atoms with Gasteiger partial charge >= 0.3 is 6.18 Å². The molecule has 3 N–H and O–H groups in total. The van der Waals surface area contributed by atoms with Crippen LogP contribution in [0, 0.1) is 0 Å². The lowest BCUT2D eigenvalue weighted by molar-refractivity contribution is -0.137. The molecule has 0 bridgehead atoms. The molecule has 8 heteroatoms. The van der Waals surface area contributed by atoms with Crippen molar-refractivity contribution < 1.29 is 18.4 Å². The normalized spacial score (nSPS) is 16.2. The molecule has 0 spiro atoms. The number of anilines is 1. The van der Waals surface area contributed by atoms with Gasteiger partial charge in [0.2, 0.25) is 0 Å². The number of amidine groups is 1. The van der Waals surface area contributed by atoms with E-state index in [1.807, 2.05) is 0 Å². The molecule has 0 aliphatic heterocycles. The van der Waals surface area contributed by atoms with Gasteiger partial charge in [0.15, 0.2) is 0 Å². The molecule has 1 fully saturated rings. The smallest absolute Gasteiger partial charge is 0.409 e. The SMILES string of the molecule is NC(CCN(c1cc(C(F)(F)F)ccn1)C1CC1)=NO. The molecular weight excluding hydrogens is 273 g/mol. The van der Waals surface area contributed by atoms with Crippen molar-refractivity contribution in [2.75, 3.05) is 11.4 Å². The molecule has 1 aliphatic rings. The van der Waals surface area contributed by atoms with Gasteiger partial charge in [-0.3, -0.25) is 0 Å². The van der Waals surface area contributed by atoms with E-state index in [2.05, 4.69) is 10.1 Å². The van der Waals surface area contributed by atoms with Gasteiger partial charge in [0.25, 0.3) is 0 Å². The molecule has 1 saturated carbocycles. The number of pyridine rings is 1. The second-order valence-electron chi connectivity index (χ2n) is 4.67. The Morgan fingerprint density at radius 2 is 2.20 bits per heavy atom. The molecule has 0 radical (unpaired) electrons. The van der Waals surface area contributed by atoms with Crippen LogP contribution in [0.3, 0.4) is 0 Å². The summed E-state index contributed by atoms with van der Waals surface area (Å²) in [4.78, 5) is 5.77. The zero-order chi connectivity index (χ0) is 14.8. The molecule has 0 aromatic carbocycles. The molecule has 1 aromatic rings. The maximum Gasteiger partial charge on any atom is 0.416 e. The van der Waals surface area contributed by atoms with Crippen molar-refractivity contribution in [3.8, 4) is 0 Å². The number of nitrogens with two attached hydrogens (primary N) is 1. The fourth-order valence-electron chi connectivity index (χ4n) is 1.91. The highest BCUT2D eigenvalue weighted by Gasteiger charge is 2.34. The number of aromatic nitrogens is 1. The molecule has 0 unspecified atom stereocenters. The van der Waals surface area contributed by atoms with Gasteiger partial charge in [-0.25, -0.2) is 4.98 Å². The van der Waals surface area contributed by atoms with Gasteiger partial charge in [0.1, 0.15) is 11.7 Å². The molecule has 1 aliphatic carbocycles. The van der Waals surface area contributed by atoms with Crippen LogP contribution >= 0.6 is 0 Å². The highest BCUT2D eigenvalue weighted by atomic mass is 19.4. The third kappa shape index (κ3) is 3.52. The number of alkyl halides is 3. The highest BCUT2D eigenvalue weighted by Crippen LogP contribution is 2.34. The van der Waals surface area contributed by atoms with E-state index < -0.39 is 11.7 Å². The van der Waals surface area contributed by atoms with E-state index in [0.717, 1.165) is 31.2 Å². The second-order valence-corrected chi connectivity index (χ2v) is 4.67. The molecule has 1 heterocycles. The number of oxime groups is 1. The van der Waals surface area contributed by atoms with Gasteiger partial charge in [-0.2, -0.15) is 13.2 Å². The van der Waals surface area contributed by atoms with Gasteiger partial charge in [-0.1, -0.05) is 5.16 Å². The van der Waals surface area contributed by atoms with Crippen LogP contribution in [0.4, 0.5) is 19.0 Å². The number of hydrogen-bond donors (Lipinski definition) is 2. The Hall–Kier alpha value is -1.99. The van der Waals surface area contributed by atoms with Crippen LogP contribution in [0.1, 0.15) is 24.8 Å². The fraction of sp³-hybridized carbons (Fsp3) is 0.500. The molecule has 1 aromatic heterocycles. The summed E-state index contributed by atoms with van der Waals surface area (Å²) in [5.74, 6) is 0.315. The maximum atomic E-state index is 12.7. The Bertz CT molecular complexity index is 500. The maximum absolute atomic E-state index is 12.7. The summed E-state index contributed by atoms with van der Waals surface area (Å²) in [6, 6.07) is 2.15. The lowest BCUT2D eigenvalue weighted by Gasteiger charge is -2.24. The molecule has 20 heavy (non-hydrogen) atoms. The molecule has 0 saturated heterocycles. The lowest BCUT2D eigenvalue weighted by Crippen LogP contribution is -2.31. The Kier molecular flexibility index (Phi) is 4.01. The van der Waals surface area contributed by atoms with E-state index in [1.165, 1.54) is 0 Å². The van der Waals surface area contributed by atoms with Crippen LogP contribution < -0.4 is 10.6 Å². The number of rotatable bonds is 5. The van der Waals surface area contributed by atoms with Gasteiger partial charge < -0.3 is 15.8 Å². The van der Waals surface area contributed by atoms with Crippen LogP contribution in [0.2, 0.25) is 0 Å². The largest absolute Gasteiger partial charge is 0.416 e. The minimum absolute atomic E-state index is 0.0441. The van der Waals surface area contributed by atoms with E-state index in [-0.39, 0.29) is 24.1 Å². The third-order valence-corrected chi connectivity index (χ3v) is 3.09. The second kappa shape index (κ2) is 5.56. The summed E-state index contributed by atoms with van der Waals surface area (Å²) in [5, 5.41) is 11.4. The Morgan fingerprint density at radius 3 is 2.75 bits per heavy atom. The van der Waals surface area contributed by atoms with E-state index in [4.69, 9.17) is 10.9 Å². The van der Waals surface area contributed by atoms with E-state index >= 15 is 0 Å². The fourth-order valence-corrected chi connectivity index (χ4v) is 1.91. The Morgan fingerprint density at radius 1 is 1.50 bits per heavy atom. The lowest BCUT2D eigenvalue weighted by atomic mass is 10.2. The zero-order valence-corrected chi connectivity index (χ0v) is 10.6. The monoisotopic (exact) mass is 288 g/mol. The van der Waals surface area contributed by atoms with Crippen molar-refractivity contribution >= 4 is 11.7 Å². The van der Waals surface area contributed by atoms with Crippen molar-refractivity contribution in [3.05, 3.63) is 23.9 Å². The third-order valence-electron chi connectivity index (χ3n) is 3.09. The van der Waals surface area contributed by atoms with Crippen LogP contribution in [0.15, 0.2) is 23.5 Å². The van der Waals surface area contributed by atoms with Crippen molar-refractivity contribution in [2.24, 2.45) is 10.9 Å². The van der Waals surface area contributed by atoms with Crippen LogP contribution in [-0.4, -0.2) is 28.6 Å². The van der Waals surface area contributed by atoms with Crippen molar-refractivity contribution in [1.29, 1.82) is 0 Å². The summed E-state index contributed by atoms with van der Waals surface area (Å²) in [5.41, 5.74) is 4.67. The standard InChI is InChI=1S/C12H15F3N4O/c13-12(14,15)8-3-5-17-11(7-8)19(9-1-2-9)6-4-10(16)18-20/h3,5,7,9,20H,1-2,4,6H2,(H2,16,18). The predicted molar refractivity (Wildman–Crippen MR) is 67.6 cm³/mol. The Labute approximate surface area is 113 Å². The minimum Gasteiger partial charge on any atom is -0.409 e. The molecule has 2 rings (SSSR count). The average molecular weight is 288 g/mol. The predicted octanol–water partition coefficient (Wildman–Crippen LogP) is 2.21. The molecule has 5 nitrogen and oxygen atoms in total. The first-order valence-electron chi connectivity index (χ1n) is 6.18. The summed E-state index contributed by atoms with van der Waals surface area (Å²) >= 11 is 0.